The van der Waals surface area contributed by atoms with E-state index < -0.39 is 0 Å². The summed E-state index contributed by atoms with van der Waals surface area (Å²) in [7, 11) is 0. The Labute approximate surface area is 183 Å². The molecule has 2 aromatic carbocycles. The molecule has 0 fully saturated rings. The Kier molecular flexibility index (Phi) is 5.30. The largest absolute Gasteiger partial charge is 0.454 e. The summed E-state index contributed by atoms with van der Waals surface area (Å²) in [5.41, 5.74) is 2.44. The molecule has 3 aromatic rings. The van der Waals surface area contributed by atoms with Crippen LogP contribution in [0.4, 0.5) is 5.13 Å². The van der Waals surface area contributed by atoms with E-state index in [1.807, 2.05) is 18.2 Å². The monoisotopic (exact) mass is 435 g/mol. The number of anilines is 1. The molecule has 0 radical (unpaired) electrons. The second kappa shape index (κ2) is 8.39. The molecule has 1 aromatic heterocycles. The Morgan fingerprint density at radius 2 is 1.94 bits per heavy atom. The number of aromatic nitrogens is 1. The fourth-order valence-electron chi connectivity index (χ4n) is 3.84. The van der Waals surface area contributed by atoms with Gasteiger partial charge in [0, 0.05) is 17.0 Å². The van der Waals surface area contributed by atoms with Gasteiger partial charge in [0.15, 0.2) is 16.6 Å². The van der Waals surface area contributed by atoms with Crippen LogP contribution in [0, 0.1) is 0 Å². The number of hydrogen-bond acceptors (Lipinski definition) is 6. The van der Waals surface area contributed by atoms with Crippen molar-refractivity contribution in [2.75, 3.05) is 18.7 Å². The van der Waals surface area contributed by atoms with Gasteiger partial charge in [0.1, 0.15) is 0 Å². The third kappa shape index (κ3) is 4.11. The number of fused-ring (bicyclic) bond motifs is 2. The van der Waals surface area contributed by atoms with Gasteiger partial charge >= 0.3 is 0 Å². The van der Waals surface area contributed by atoms with E-state index in [1.165, 1.54) is 16.9 Å². The molecule has 1 unspecified atom stereocenters. The Balaban J connectivity index is 1.21. The third-order valence-corrected chi connectivity index (χ3v) is 6.49. The summed E-state index contributed by atoms with van der Waals surface area (Å²) in [4.78, 5) is 30.9. The molecule has 31 heavy (non-hydrogen) atoms. The van der Waals surface area contributed by atoms with E-state index in [2.05, 4.69) is 27.8 Å². The lowest BCUT2D eigenvalue weighted by Gasteiger charge is -2.11. The van der Waals surface area contributed by atoms with Crippen LogP contribution in [0.1, 0.15) is 38.8 Å². The first-order valence-corrected chi connectivity index (χ1v) is 11.0. The Morgan fingerprint density at radius 3 is 2.81 bits per heavy atom. The number of benzene rings is 2. The summed E-state index contributed by atoms with van der Waals surface area (Å²) in [5, 5.41) is 6.38. The molecule has 1 aliphatic carbocycles. The molecule has 1 atom stereocenters. The van der Waals surface area contributed by atoms with E-state index in [-0.39, 0.29) is 24.5 Å². The van der Waals surface area contributed by atoms with Gasteiger partial charge < -0.3 is 14.8 Å². The summed E-state index contributed by atoms with van der Waals surface area (Å²) >= 11 is 1.43. The number of nitrogens with zero attached hydrogens (tertiary/aromatic N) is 1. The average molecular weight is 436 g/mol. The lowest BCUT2D eigenvalue weighted by atomic mass is 10.1. The van der Waals surface area contributed by atoms with Gasteiger partial charge in [0.2, 0.25) is 12.7 Å². The van der Waals surface area contributed by atoms with Crippen LogP contribution in [0.3, 0.4) is 0 Å². The molecule has 0 saturated heterocycles. The van der Waals surface area contributed by atoms with Crippen molar-refractivity contribution in [3.05, 3.63) is 70.2 Å². The summed E-state index contributed by atoms with van der Waals surface area (Å²) < 4.78 is 10.6. The van der Waals surface area contributed by atoms with Crippen molar-refractivity contribution >= 4 is 28.3 Å². The summed E-state index contributed by atoms with van der Waals surface area (Å²) in [6.07, 6.45) is 2.34. The highest BCUT2D eigenvalue weighted by molar-refractivity contribution is 7.16. The zero-order chi connectivity index (χ0) is 21.2. The molecule has 8 heteroatoms. The number of thiazole rings is 1. The Morgan fingerprint density at radius 1 is 1.10 bits per heavy atom. The van der Waals surface area contributed by atoms with Crippen LogP contribution in [0.2, 0.25) is 0 Å². The van der Waals surface area contributed by atoms with Crippen molar-refractivity contribution in [2.45, 2.75) is 25.2 Å². The normalized spacial score (nSPS) is 16.1. The molecular weight excluding hydrogens is 414 g/mol. The second-order valence-electron chi connectivity index (χ2n) is 7.47. The fourth-order valence-corrected chi connectivity index (χ4v) is 4.87. The molecule has 7 nitrogen and oxygen atoms in total. The van der Waals surface area contributed by atoms with Crippen LogP contribution in [-0.4, -0.2) is 30.1 Å². The number of ether oxygens (including phenoxy) is 2. The molecule has 0 spiro atoms. The van der Waals surface area contributed by atoms with Crippen molar-refractivity contribution in [3.63, 3.8) is 0 Å². The maximum absolute atomic E-state index is 12.7. The van der Waals surface area contributed by atoms with Gasteiger partial charge in [-0.3, -0.25) is 14.9 Å². The summed E-state index contributed by atoms with van der Waals surface area (Å²) in [5.74, 6) is 0.647. The van der Waals surface area contributed by atoms with E-state index in [4.69, 9.17) is 9.47 Å². The minimum atomic E-state index is -0.269. The SMILES string of the molecule is O=C(Nc1nc2c(s1)CCC2C(=O)NCCc1ccccc1)c1ccc2c(c1)OCO2. The first kappa shape index (κ1) is 19.6. The number of amides is 2. The predicted octanol–water partition coefficient (Wildman–Crippen LogP) is 3.51. The first-order valence-electron chi connectivity index (χ1n) is 10.2. The van der Waals surface area contributed by atoms with Crippen molar-refractivity contribution in [2.24, 2.45) is 0 Å². The van der Waals surface area contributed by atoms with Gasteiger partial charge in [0.25, 0.3) is 5.91 Å². The van der Waals surface area contributed by atoms with Gasteiger partial charge in [-0.1, -0.05) is 30.3 Å². The van der Waals surface area contributed by atoms with E-state index in [1.54, 1.807) is 18.2 Å². The molecule has 2 heterocycles. The molecule has 2 amide bonds. The van der Waals surface area contributed by atoms with E-state index in [0.717, 1.165) is 29.8 Å². The molecule has 5 rings (SSSR count). The van der Waals surface area contributed by atoms with Gasteiger partial charge in [-0.25, -0.2) is 4.98 Å². The molecule has 158 valence electrons. The van der Waals surface area contributed by atoms with Gasteiger partial charge in [-0.15, -0.1) is 11.3 Å². The minimum absolute atomic E-state index is 0.00590. The smallest absolute Gasteiger partial charge is 0.257 e. The van der Waals surface area contributed by atoms with E-state index >= 15 is 0 Å². The molecule has 0 saturated carbocycles. The zero-order valence-electron chi connectivity index (χ0n) is 16.7. The Hall–Kier alpha value is -3.39. The predicted molar refractivity (Wildman–Crippen MR) is 117 cm³/mol. The highest BCUT2D eigenvalue weighted by Gasteiger charge is 2.32. The molecule has 1 aliphatic heterocycles. The van der Waals surface area contributed by atoms with Crippen LogP contribution in [0.15, 0.2) is 48.5 Å². The zero-order valence-corrected chi connectivity index (χ0v) is 17.5. The third-order valence-electron chi connectivity index (χ3n) is 5.45. The quantitative estimate of drug-likeness (QED) is 0.619. The average Bonchev–Trinajstić information content (AvgIpc) is 3.49. The van der Waals surface area contributed by atoms with Crippen LogP contribution < -0.4 is 20.1 Å². The molecular formula is C23H21N3O4S. The summed E-state index contributed by atoms with van der Waals surface area (Å²) in [6.45, 7) is 0.751. The van der Waals surface area contributed by atoms with Crippen LogP contribution >= 0.6 is 11.3 Å². The molecule has 2 N–H and O–H groups in total. The highest BCUT2D eigenvalue weighted by Crippen LogP contribution is 2.39. The first-order chi connectivity index (χ1) is 15.2. The standard InChI is InChI=1S/C23H21N3O4S/c27-21(15-6-8-17-18(12-15)30-13-29-17)26-23-25-20-16(7-9-19(20)31-23)22(28)24-11-10-14-4-2-1-3-5-14/h1-6,8,12,16H,7,9-11,13H2,(H,24,28)(H,25,26,27). The van der Waals surface area contributed by atoms with E-state index in [9.17, 15) is 9.59 Å². The van der Waals surface area contributed by atoms with Crippen molar-refractivity contribution in [1.29, 1.82) is 0 Å². The minimum Gasteiger partial charge on any atom is -0.454 e. The van der Waals surface area contributed by atoms with Crippen LogP contribution in [-0.2, 0) is 17.6 Å². The maximum atomic E-state index is 12.7. The topological polar surface area (TPSA) is 89.6 Å². The van der Waals surface area contributed by atoms with Crippen LogP contribution in [0.5, 0.6) is 11.5 Å². The van der Waals surface area contributed by atoms with Crippen molar-refractivity contribution < 1.29 is 19.1 Å². The van der Waals surface area contributed by atoms with Crippen molar-refractivity contribution in [3.8, 4) is 11.5 Å². The number of nitrogens with one attached hydrogen (secondary N) is 2. The van der Waals surface area contributed by atoms with Gasteiger partial charge in [0.05, 0.1) is 11.6 Å². The Bertz CT molecular complexity index is 1130. The fraction of sp³-hybridized carbons (Fsp3) is 0.261. The van der Waals surface area contributed by atoms with E-state index in [0.29, 0.717) is 28.7 Å². The summed E-state index contributed by atoms with van der Waals surface area (Å²) in [6, 6.07) is 15.1. The highest BCUT2D eigenvalue weighted by atomic mass is 32.1. The lowest BCUT2D eigenvalue weighted by Crippen LogP contribution is -2.30. The lowest BCUT2D eigenvalue weighted by molar-refractivity contribution is -0.122. The number of carbonyl (C=O) groups is 2. The number of hydrogen-bond donors (Lipinski definition) is 2. The number of carbonyl (C=O) groups excluding carboxylic acids is 2. The van der Waals surface area contributed by atoms with Gasteiger partial charge in [-0.05, 0) is 43.0 Å². The number of rotatable bonds is 6. The van der Waals surface area contributed by atoms with Gasteiger partial charge in [-0.2, -0.15) is 0 Å². The number of aryl methyl sites for hydroxylation is 1. The molecule has 0 bridgehead atoms. The maximum Gasteiger partial charge on any atom is 0.257 e. The van der Waals surface area contributed by atoms with Crippen molar-refractivity contribution in [1.82, 2.24) is 10.3 Å². The molecule has 2 aliphatic rings. The second-order valence-corrected chi connectivity index (χ2v) is 8.55. The van der Waals surface area contributed by atoms with Crippen LogP contribution in [0.25, 0.3) is 0 Å².